The first-order chi connectivity index (χ1) is 9.06. The van der Waals surface area contributed by atoms with E-state index in [0.717, 1.165) is 10.7 Å². The summed E-state index contributed by atoms with van der Waals surface area (Å²) >= 11 is 1.38. The number of ether oxygens (including phenoxy) is 2. The number of nitrogens with one attached hydrogen (secondary N) is 1. The Morgan fingerprint density at radius 1 is 1.37 bits per heavy atom. The molecule has 0 radical (unpaired) electrons. The number of amides is 1. The van der Waals surface area contributed by atoms with Crippen molar-refractivity contribution < 1.29 is 19.4 Å². The van der Waals surface area contributed by atoms with Crippen molar-refractivity contribution in [3.8, 4) is 0 Å². The highest BCUT2D eigenvalue weighted by Crippen LogP contribution is 2.27. The van der Waals surface area contributed by atoms with Crippen LogP contribution in [-0.4, -0.2) is 53.6 Å². The molecule has 0 aromatic carbocycles. The summed E-state index contributed by atoms with van der Waals surface area (Å²) in [4.78, 5) is 17.1. The van der Waals surface area contributed by atoms with Gasteiger partial charge < -0.3 is 19.9 Å². The van der Waals surface area contributed by atoms with Crippen LogP contribution in [0.15, 0.2) is 0 Å². The van der Waals surface area contributed by atoms with Crippen LogP contribution in [0.4, 0.5) is 0 Å². The quantitative estimate of drug-likeness (QED) is 0.800. The van der Waals surface area contributed by atoms with Crippen LogP contribution in [0.5, 0.6) is 0 Å². The Bertz CT molecular complexity index is 504. The zero-order valence-corrected chi connectivity index (χ0v) is 11.6. The lowest BCUT2D eigenvalue weighted by atomic mass is 10.1. The highest BCUT2D eigenvalue weighted by Gasteiger charge is 2.47. The van der Waals surface area contributed by atoms with Gasteiger partial charge in [0.25, 0.3) is 5.91 Å². The first kappa shape index (κ1) is 13.0. The van der Waals surface area contributed by atoms with Crippen molar-refractivity contribution in [1.82, 2.24) is 10.3 Å². The second kappa shape index (κ2) is 4.82. The van der Waals surface area contributed by atoms with Gasteiger partial charge in [-0.1, -0.05) is 0 Å². The molecule has 1 amide bonds. The second-order valence-electron chi connectivity index (χ2n) is 4.89. The molecule has 3 heterocycles. The van der Waals surface area contributed by atoms with E-state index in [1.165, 1.54) is 11.3 Å². The van der Waals surface area contributed by atoms with E-state index in [4.69, 9.17) is 9.47 Å². The largest absolute Gasteiger partial charge is 0.388 e. The summed E-state index contributed by atoms with van der Waals surface area (Å²) < 4.78 is 10.9. The van der Waals surface area contributed by atoms with E-state index < -0.39 is 6.10 Å². The van der Waals surface area contributed by atoms with Crippen molar-refractivity contribution in [2.45, 2.75) is 38.2 Å². The van der Waals surface area contributed by atoms with Crippen molar-refractivity contribution in [2.75, 3.05) is 13.2 Å². The van der Waals surface area contributed by atoms with Crippen molar-refractivity contribution in [1.29, 1.82) is 0 Å². The van der Waals surface area contributed by atoms with Gasteiger partial charge in [-0.15, -0.1) is 11.3 Å². The smallest absolute Gasteiger partial charge is 0.263 e. The molecule has 2 aliphatic heterocycles. The van der Waals surface area contributed by atoms with Gasteiger partial charge in [-0.25, -0.2) is 4.98 Å². The molecule has 0 spiro atoms. The summed E-state index contributed by atoms with van der Waals surface area (Å²) in [5.74, 6) is -0.151. The average Bonchev–Trinajstić information content (AvgIpc) is 2.99. The predicted molar refractivity (Wildman–Crippen MR) is 68.3 cm³/mol. The molecule has 6 nitrogen and oxygen atoms in total. The maximum Gasteiger partial charge on any atom is 0.263 e. The average molecular weight is 284 g/mol. The van der Waals surface area contributed by atoms with Crippen molar-refractivity contribution in [2.24, 2.45) is 0 Å². The molecule has 1 aromatic rings. The molecule has 1 aromatic heterocycles. The number of aliphatic hydroxyl groups excluding tert-OH is 1. The van der Waals surface area contributed by atoms with Gasteiger partial charge in [-0.3, -0.25) is 4.79 Å². The van der Waals surface area contributed by atoms with Crippen molar-refractivity contribution in [3.05, 3.63) is 15.6 Å². The molecule has 0 bridgehead atoms. The Labute approximate surface area is 114 Å². The molecule has 2 aliphatic rings. The number of nitrogens with zero attached hydrogens (tertiary/aromatic N) is 1. The fraction of sp³-hybridized carbons (Fsp3) is 0.667. The fourth-order valence-electron chi connectivity index (χ4n) is 2.58. The summed E-state index contributed by atoms with van der Waals surface area (Å²) in [5, 5.41) is 13.4. The lowest BCUT2D eigenvalue weighted by Crippen LogP contribution is -2.44. The number of hydrogen-bond donors (Lipinski definition) is 2. The SMILES string of the molecule is Cc1nc(C)c(C(=O)N[C@@H]2CO[C@H]3[C@@H]2OC[C@H]3O)s1. The molecule has 2 saturated heterocycles. The Morgan fingerprint density at radius 2 is 2.11 bits per heavy atom. The van der Waals surface area contributed by atoms with E-state index in [2.05, 4.69) is 10.3 Å². The topological polar surface area (TPSA) is 80.7 Å². The number of aromatic nitrogens is 1. The van der Waals surface area contributed by atoms with E-state index in [1.54, 1.807) is 0 Å². The minimum Gasteiger partial charge on any atom is -0.388 e. The molecule has 2 fully saturated rings. The van der Waals surface area contributed by atoms with E-state index in [0.29, 0.717) is 11.5 Å². The Kier molecular flexibility index (Phi) is 3.30. The van der Waals surface area contributed by atoms with Gasteiger partial charge in [0.05, 0.1) is 30.0 Å². The Morgan fingerprint density at radius 3 is 2.79 bits per heavy atom. The van der Waals surface area contributed by atoms with Crippen LogP contribution in [0.1, 0.15) is 20.4 Å². The molecule has 104 valence electrons. The lowest BCUT2D eigenvalue weighted by molar-refractivity contribution is 0.0178. The number of aliphatic hydroxyl groups is 1. The first-order valence-electron chi connectivity index (χ1n) is 6.22. The third kappa shape index (κ3) is 2.27. The molecular weight excluding hydrogens is 268 g/mol. The summed E-state index contributed by atoms with van der Waals surface area (Å²) in [6.07, 6.45) is -1.18. The standard InChI is InChI=1S/C12H16N2O4S/c1-5-11(19-6(2)13-5)12(16)14-7-3-17-10-8(15)4-18-9(7)10/h7-10,15H,3-4H2,1-2H3,(H,14,16)/t7-,8-,9-,10-/m1/s1. The minimum atomic E-state index is -0.598. The van der Waals surface area contributed by atoms with Gasteiger partial charge in [-0.05, 0) is 13.8 Å². The van der Waals surface area contributed by atoms with Crippen molar-refractivity contribution >= 4 is 17.2 Å². The monoisotopic (exact) mass is 284 g/mol. The molecule has 7 heteroatoms. The maximum atomic E-state index is 12.2. The van der Waals surface area contributed by atoms with Gasteiger partial charge in [0.2, 0.25) is 0 Å². The highest BCUT2D eigenvalue weighted by molar-refractivity contribution is 7.13. The number of carbonyl (C=O) groups excluding carboxylic acids is 1. The molecular formula is C12H16N2O4S. The van der Waals surface area contributed by atoms with Gasteiger partial charge in [-0.2, -0.15) is 0 Å². The number of rotatable bonds is 2. The zero-order valence-electron chi connectivity index (χ0n) is 10.8. The number of aryl methyl sites for hydroxylation is 2. The third-order valence-electron chi connectivity index (χ3n) is 3.45. The van der Waals surface area contributed by atoms with Gasteiger partial charge >= 0.3 is 0 Å². The fourth-order valence-corrected chi connectivity index (χ4v) is 3.40. The molecule has 2 N–H and O–H groups in total. The van der Waals surface area contributed by atoms with E-state index in [9.17, 15) is 9.90 Å². The number of fused-ring (bicyclic) bond motifs is 1. The molecule has 3 rings (SSSR count). The van der Waals surface area contributed by atoms with Crippen LogP contribution in [0.2, 0.25) is 0 Å². The molecule has 0 unspecified atom stereocenters. The number of thiazole rings is 1. The lowest BCUT2D eigenvalue weighted by Gasteiger charge is -2.16. The summed E-state index contributed by atoms with van der Waals surface area (Å²) in [6, 6.07) is -0.212. The van der Waals surface area contributed by atoms with E-state index in [1.807, 2.05) is 13.8 Å². The number of hydrogen-bond acceptors (Lipinski definition) is 6. The second-order valence-corrected chi connectivity index (χ2v) is 6.09. The first-order valence-corrected chi connectivity index (χ1v) is 7.04. The van der Waals surface area contributed by atoms with E-state index >= 15 is 0 Å². The van der Waals surface area contributed by atoms with Gasteiger partial charge in [0.15, 0.2) is 0 Å². The maximum absolute atomic E-state index is 12.2. The van der Waals surface area contributed by atoms with Crippen LogP contribution in [0.25, 0.3) is 0 Å². The van der Waals surface area contributed by atoms with Gasteiger partial charge in [0, 0.05) is 0 Å². The Hall–Kier alpha value is -1.02. The summed E-state index contributed by atoms with van der Waals surface area (Å²) in [6.45, 7) is 4.33. The molecule has 0 saturated carbocycles. The minimum absolute atomic E-state index is 0.151. The number of carbonyl (C=O) groups is 1. The Balaban J connectivity index is 1.69. The molecule has 0 aliphatic carbocycles. The predicted octanol–water partition coefficient (Wildman–Crippen LogP) is 0.0168. The zero-order chi connectivity index (χ0) is 13.6. The molecule has 4 atom stereocenters. The van der Waals surface area contributed by atoms with E-state index in [-0.39, 0.29) is 30.8 Å². The summed E-state index contributed by atoms with van der Waals surface area (Å²) in [5.41, 5.74) is 0.739. The van der Waals surface area contributed by atoms with Crippen LogP contribution in [0, 0.1) is 13.8 Å². The third-order valence-corrected chi connectivity index (χ3v) is 4.53. The van der Waals surface area contributed by atoms with Crippen LogP contribution in [0.3, 0.4) is 0 Å². The van der Waals surface area contributed by atoms with Crippen molar-refractivity contribution in [3.63, 3.8) is 0 Å². The molecule has 19 heavy (non-hydrogen) atoms. The van der Waals surface area contributed by atoms with Crippen LogP contribution in [-0.2, 0) is 9.47 Å². The van der Waals surface area contributed by atoms with Gasteiger partial charge in [0.1, 0.15) is 23.2 Å². The normalized spacial score (nSPS) is 33.4. The van der Waals surface area contributed by atoms with Crippen LogP contribution >= 0.6 is 11.3 Å². The highest BCUT2D eigenvalue weighted by atomic mass is 32.1. The summed E-state index contributed by atoms with van der Waals surface area (Å²) in [7, 11) is 0. The van der Waals surface area contributed by atoms with Crippen LogP contribution < -0.4 is 5.32 Å².